The van der Waals surface area contributed by atoms with E-state index in [-0.39, 0.29) is 18.3 Å². The van der Waals surface area contributed by atoms with Crippen molar-refractivity contribution in [3.8, 4) is 0 Å². The van der Waals surface area contributed by atoms with Crippen LogP contribution in [-0.4, -0.2) is 82.8 Å². The van der Waals surface area contributed by atoms with Crippen LogP contribution < -0.4 is 0 Å². The first-order valence-corrected chi connectivity index (χ1v) is 6.33. The molecule has 1 aliphatic rings. The summed E-state index contributed by atoms with van der Waals surface area (Å²) < 4.78 is 0.760. The number of aliphatic carboxylic acids is 2. The molecule has 1 rings (SSSR count). The minimum absolute atomic E-state index is 0. The lowest BCUT2D eigenvalue weighted by Crippen LogP contribution is -2.63. The van der Waals surface area contributed by atoms with Crippen LogP contribution in [0.15, 0.2) is 0 Å². The van der Waals surface area contributed by atoms with E-state index in [0.717, 1.165) is 24.1 Å². The lowest BCUT2D eigenvalue weighted by molar-refractivity contribution is -0.935. The molecule has 2 unspecified atom stereocenters. The first-order valence-electron chi connectivity index (χ1n) is 6.33. The molecule has 0 bridgehead atoms. The number of carbonyl (C=O) groups is 2. The van der Waals surface area contributed by atoms with Crippen LogP contribution in [0.2, 0.25) is 0 Å². The molecule has 19 heavy (non-hydrogen) atoms. The van der Waals surface area contributed by atoms with Gasteiger partial charge in [-0.25, -0.2) is 0 Å². The SMILES string of the molecule is CC1CN(CCC(=O)O)CC[N+]1(C)CCC(=O)O.[OH-]. The number of carboxylic acids is 2. The maximum absolute atomic E-state index is 10.6. The first kappa shape index (κ1) is 17.8. The van der Waals surface area contributed by atoms with Crippen LogP contribution in [0, 0.1) is 0 Å². The lowest BCUT2D eigenvalue weighted by Gasteiger charge is -2.46. The van der Waals surface area contributed by atoms with Gasteiger partial charge in [-0.1, -0.05) is 0 Å². The predicted molar refractivity (Wildman–Crippen MR) is 68.3 cm³/mol. The molecule has 0 saturated carbocycles. The summed E-state index contributed by atoms with van der Waals surface area (Å²) in [5.74, 6) is -1.52. The van der Waals surface area contributed by atoms with E-state index in [0.29, 0.717) is 19.1 Å². The van der Waals surface area contributed by atoms with E-state index in [1.165, 1.54) is 0 Å². The minimum Gasteiger partial charge on any atom is -0.870 e. The van der Waals surface area contributed by atoms with Crippen LogP contribution in [0.5, 0.6) is 0 Å². The van der Waals surface area contributed by atoms with Crippen molar-refractivity contribution < 1.29 is 29.8 Å². The highest BCUT2D eigenvalue weighted by molar-refractivity contribution is 5.67. The van der Waals surface area contributed by atoms with E-state index >= 15 is 0 Å². The van der Waals surface area contributed by atoms with E-state index in [2.05, 4.69) is 18.9 Å². The zero-order chi connectivity index (χ0) is 13.8. The Hall–Kier alpha value is -1.18. The van der Waals surface area contributed by atoms with Crippen LogP contribution in [0.1, 0.15) is 19.8 Å². The van der Waals surface area contributed by atoms with Gasteiger partial charge in [0.1, 0.15) is 0 Å². The molecular formula is C12H24N2O5. The molecule has 0 aromatic rings. The van der Waals surface area contributed by atoms with Gasteiger partial charge in [0, 0.05) is 13.1 Å². The average molecular weight is 276 g/mol. The highest BCUT2D eigenvalue weighted by Crippen LogP contribution is 2.18. The van der Waals surface area contributed by atoms with Crippen LogP contribution >= 0.6 is 0 Å². The fourth-order valence-electron chi connectivity index (χ4n) is 2.39. The van der Waals surface area contributed by atoms with E-state index < -0.39 is 11.9 Å². The number of quaternary nitrogens is 1. The van der Waals surface area contributed by atoms with E-state index in [4.69, 9.17) is 10.2 Å². The van der Waals surface area contributed by atoms with Gasteiger partial charge >= 0.3 is 11.9 Å². The molecule has 0 radical (unpaired) electrons. The summed E-state index contributed by atoms with van der Waals surface area (Å²) in [4.78, 5) is 23.3. The summed E-state index contributed by atoms with van der Waals surface area (Å²) in [6, 6.07) is 0.340. The quantitative estimate of drug-likeness (QED) is 0.656. The second-order valence-corrected chi connectivity index (χ2v) is 5.36. The lowest BCUT2D eigenvalue weighted by atomic mass is 10.1. The Bertz CT molecular complexity index is 323. The third kappa shape index (κ3) is 5.54. The van der Waals surface area contributed by atoms with Gasteiger partial charge in [0.25, 0.3) is 0 Å². The van der Waals surface area contributed by atoms with Gasteiger partial charge in [0.15, 0.2) is 0 Å². The van der Waals surface area contributed by atoms with Crippen molar-refractivity contribution in [3.63, 3.8) is 0 Å². The third-order valence-corrected chi connectivity index (χ3v) is 3.99. The van der Waals surface area contributed by atoms with Crippen molar-refractivity contribution in [3.05, 3.63) is 0 Å². The summed E-state index contributed by atoms with van der Waals surface area (Å²) in [6.07, 6.45) is 0.363. The zero-order valence-corrected chi connectivity index (χ0v) is 11.6. The normalized spacial score (nSPS) is 27.6. The smallest absolute Gasteiger partial charge is 0.309 e. The Morgan fingerprint density at radius 3 is 2.32 bits per heavy atom. The molecule has 112 valence electrons. The van der Waals surface area contributed by atoms with E-state index in [1.54, 1.807) is 0 Å². The van der Waals surface area contributed by atoms with Gasteiger partial charge in [-0.3, -0.25) is 14.5 Å². The molecule has 0 amide bonds. The number of hydrogen-bond donors (Lipinski definition) is 2. The topological polar surface area (TPSA) is 108 Å². The van der Waals surface area contributed by atoms with Crippen molar-refractivity contribution in [2.24, 2.45) is 0 Å². The molecule has 2 atom stereocenters. The number of likely N-dealkylation sites (N-methyl/N-ethyl adjacent to an activating group) is 1. The molecule has 7 nitrogen and oxygen atoms in total. The third-order valence-electron chi connectivity index (χ3n) is 3.99. The van der Waals surface area contributed by atoms with Gasteiger partial charge in [0.05, 0.1) is 45.6 Å². The molecule has 1 heterocycles. The number of nitrogens with zero attached hydrogens (tertiary/aromatic N) is 2. The Morgan fingerprint density at radius 1 is 1.26 bits per heavy atom. The monoisotopic (exact) mass is 276 g/mol. The zero-order valence-electron chi connectivity index (χ0n) is 11.6. The molecule has 7 heteroatoms. The number of piperazine rings is 1. The van der Waals surface area contributed by atoms with E-state index in [9.17, 15) is 9.59 Å². The predicted octanol–water partition coefficient (Wildman–Crippen LogP) is -0.0903. The van der Waals surface area contributed by atoms with Gasteiger partial charge in [-0.2, -0.15) is 0 Å². The first-order chi connectivity index (χ1) is 8.33. The van der Waals surface area contributed by atoms with Crippen molar-refractivity contribution in [1.29, 1.82) is 0 Å². The standard InChI is InChI=1S/C12H22N2O4.H2O/c1-10-9-13(5-3-11(15)16)6-8-14(10,2)7-4-12(17)18;/h10H,3-9H2,1-2H3,(H-,15,16,17,18);1H2. The molecular weight excluding hydrogens is 252 g/mol. The van der Waals surface area contributed by atoms with Crippen LogP contribution in [0.3, 0.4) is 0 Å². The largest absolute Gasteiger partial charge is 0.870 e. The second kappa shape index (κ2) is 7.42. The summed E-state index contributed by atoms with van der Waals surface area (Å²) in [5, 5.41) is 17.4. The van der Waals surface area contributed by atoms with Gasteiger partial charge in [-0.05, 0) is 6.92 Å². The van der Waals surface area contributed by atoms with Gasteiger partial charge < -0.3 is 20.2 Å². The summed E-state index contributed by atoms with van der Waals surface area (Å²) in [5.41, 5.74) is 0. The van der Waals surface area contributed by atoms with Gasteiger partial charge in [-0.15, -0.1) is 0 Å². The molecule has 1 aliphatic heterocycles. The number of hydrogen-bond acceptors (Lipinski definition) is 4. The molecule has 0 aliphatic carbocycles. The van der Waals surface area contributed by atoms with Crippen LogP contribution in [-0.2, 0) is 9.59 Å². The molecule has 0 spiro atoms. The minimum atomic E-state index is -0.767. The summed E-state index contributed by atoms with van der Waals surface area (Å²) >= 11 is 0. The molecule has 0 aromatic heterocycles. The van der Waals surface area contributed by atoms with Crippen molar-refractivity contribution in [1.82, 2.24) is 4.90 Å². The average Bonchev–Trinajstić information content (AvgIpc) is 2.28. The number of rotatable bonds is 6. The van der Waals surface area contributed by atoms with Crippen molar-refractivity contribution in [2.45, 2.75) is 25.8 Å². The van der Waals surface area contributed by atoms with Crippen molar-refractivity contribution >= 4 is 11.9 Å². The maximum atomic E-state index is 10.6. The maximum Gasteiger partial charge on any atom is 0.309 e. The molecule has 1 fully saturated rings. The summed E-state index contributed by atoms with van der Waals surface area (Å²) in [7, 11) is 2.09. The fourth-order valence-corrected chi connectivity index (χ4v) is 2.39. The summed E-state index contributed by atoms with van der Waals surface area (Å²) in [6.45, 7) is 5.89. The van der Waals surface area contributed by atoms with Crippen molar-refractivity contribution in [2.75, 3.05) is 39.8 Å². The molecule has 3 N–H and O–H groups in total. The van der Waals surface area contributed by atoms with Crippen LogP contribution in [0.4, 0.5) is 0 Å². The van der Waals surface area contributed by atoms with Gasteiger partial charge in [0.2, 0.25) is 0 Å². The number of carboxylic acid groups (broad SMARTS) is 2. The molecule has 1 saturated heterocycles. The Kier molecular flexibility index (Phi) is 6.96. The molecule has 0 aromatic carbocycles. The van der Waals surface area contributed by atoms with E-state index in [1.807, 2.05) is 0 Å². The fraction of sp³-hybridized carbons (Fsp3) is 0.833. The van der Waals surface area contributed by atoms with Crippen LogP contribution in [0.25, 0.3) is 0 Å². The highest BCUT2D eigenvalue weighted by Gasteiger charge is 2.35. The highest BCUT2D eigenvalue weighted by atomic mass is 16.4. The Morgan fingerprint density at radius 2 is 1.84 bits per heavy atom. The Balaban J connectivity index is 0.00000324. The Labute approximate surface area is 113 Å². The second-order valence-electron chi connectivity index (χ2n) is 5.36.